The normalized spacial score (nSPS) is 14.3. The highest BCUT2D eigenvalue weighted by molar-refractivity contribution is 6.31. The number of nitriles is 1. The molecule has 1 fully saturated rings. The summed E-state index contributed by atoms with van der Waals surface area (Å²) in [4.78, 5) is 8.70. The van der Waals surface area contributed by atoms with Gasteiger partial charge in [0.05, 0.1) is 28.0 Å². The smallest absolute Gasteiger partial charge is 0.141 e. The van der Waals surface area contributed by atoms with Crippen molar-refractivity contribution in [1.29, 1.82) is 5.26 Å². The molecule has 4 rings (SSSR count). The summed E-state index contributed by atoms with van der Waals surface area (Å²) in [6.07, 6.45) is 7.82. The van der Waals surface area contributed by atoms with Crippen LogP contribution >= 0.6 is 11.6 Å². The Morgan fingerprint density at radius 1 is 1.15 bits per heavy atom. The second-order valence-electron chi connectivity index (χ2n) is 6.62. The van der Waals surface area contributed by atoms with Crippen LogP contribution in [-0.2, 0) is 0 Å². The van der Waals surface area contributed by atoms with Gasteiger partial charge in [-0.3, -0.25) is 4.98 Å². The molecular formula is C20H17ClFN5. The number of rotatable bonds is 4. The summed E-state index contributed by atoms with van der Waals surface area (Å²) in [6.45, 7) is 0. The molecule has 2 N–H and O–H groups in total. The van der Waals surface area contributed by atoms with Gasteiger partial charge in [0.1, 0.15) is 17.7 Å². The fraction of sp³-hybridized carbons (Fsp3) is 0.250. The minimum atomic E-state index is -0.473. The van der Waals surface area contributed by atoms with Crippen LogP contribution in [0.5, 0.6) is 0 Å². The largest absolute Gasteiger partial charge is 0.381 e. The third-order valence-electron chi connectivity index (χ3n) is 4.77. The topological polar surface area (TPSA) is 73.6 Å². The summed E-state index contributed by atoms with van der Waals surface area (Å²) >= 11 is 5.84. The molecule has 136 valence electrons. The number of nitrogens with one attached hydrogen (secondary N) is 2. The second kappa shape index (κ2) is 7.37. The van der Waals surface area contributed by atoms with Gasteiger partial charge in [-0.25, -0.2) is 9.37 Å². The van der Waals surface area contributed by atoms with Crippen LogP contribution in [0.15, 0.2) is 36.7 Å². The van der Waals surface area contributed by atoms with Crippen molar-refractivity contribution in [1.82, 2.24) is 9.97 Å². The number of nitrogens with zero attached hydrogens (tertiary/aromatic N) is 3. The van der Waals surface area contributed by atoms with Crippen molar-refractivity contribution in [3.05, 3.63) is 53.1 Å². The summed E-state index contributed by atoms with van der Waals surface area (Å²) in [7, 11) is 0. The number of halogens is 2. The lowest BCUT2D eigenvalue weighted by atomic mass is 10.1. The number of benzene rings is 1. The first-order valence-electron chi connectivity index (χ1n) is 8.81. The Morgan fingerprint density at radius 3 is 2.70 bits per heavy atom. The lowest BCUT2D eigenvalue weighted by molar-refractivity contribution is 0.628. The number of anilines is 3. The molecule has 1 saturated carbocycles. The van der Waals surface area contributed by atoms with Gasteiger partial charge in [-0.05, 0) is 37.1 Å². The third-order valence-corrected chi connectivity index (χ3v) is 5.06. The summed E-state index contributed by atoms with van der Waals surface area (Å²) in [5, 5.41) is 17.0. The van der Waals surface area contributed by atoms with Crippen LogP contribution in [-0.4, -0.2) is 16.0 Å². The van der Waals surface area contributed by atoms with E-state index in [0.717, 1.165) is 23.9 Å². The average molecular weight is 382 g/mol. The number of hydrogen-bond acceptors (Lipinski definition) is 5. The van der Waals surface area contributed by atoms with Crippen molar-refractivity contribution in [2.45, 2.75) is 31.7 Å². The standard InChI is InChI=1S/C20H17ClFN5/c21-16-7-14(5-6-17(16)22)26-19-8-15-18(11-25-19)24-10-12(9-23)20(15)27-13-3-1-2-4-13/h5-8,10-11,13H,1-4H2,(H,24,27)(H,25,26). The Hall–Kier alpha value is -2.91. The Bertz CT molecular complexity index is 1040. The Kier molecular flexibility index (Phi) is 4.78. The molecule has 0 spiro atoms. The highest BCUT2D eigenvalue weighted by atomic mass is 35.5. The van der Waals surface area contributed by atoms with E-state index in [1.165, 1.54) is 25.0 Å². The molecule has 1 aromatic carbocycles. The van der Waals surface area contributed by atoms with E-state index in [-0.39, 0.29) is 5.02 Å². The number of fused-ring (bicyclic) bond motifs is 1. The Labute approximate surface area is 161 Å². The van der Waals surface area contributed by atoms with Crippen LogP contribution in [0.1, 0.15) is 31.2 Å². The van der Waals surface area contributed by atoms with Crippen molar-refractivity contribution in [2.24, 2.45) is 0 Å². The third kappa shape index (κ3) is 3.64. The van der Waals surface area contributed by atoms with Gasteiger partial charge in [-0.15, -0.1) is 0 Å². The fourth-order valence-corrected chi connectivity index (χ4v) is 3.58. The van der Waals surface area contributed by atoms with E-state index in [9.17, 15) is 9.65 Å². The van der Waals surface area contributed by atoms with E-state index < -0.39 is 5.82 Å². The van der Waals surface area contributed by atoms with E-state index in [4.69, 9.17) is 11.6 Å². The lowest BCUT2D eigenvalue weighted by Gasteiger charge is -2.17. The predicted octanol–water partition coefficient (Wildman–Crippen LogP) is 5.39. The molecule has 5 nitrogen and oxygen atoms in total. The minimum Gasteiger partial charge on any atom is -0.381 e. The van der Waals surface area contributed by atoms with E-state index in [1.54, 1.807) is 18.5 Å². The maximum Gasteiger partial charge on any atom is 0.141 e. The number of aromatic nitrogens is 2. The first-order chi connectivity index (χ1) is 13.1. The molecule has 0 aliphatic heterocycles. The van der Waals surface area contributed by atoms with Crippen molar-refractivity contribution in [3.8, 4) is 6.07 Å². The van der Waals surface area contributed by atoms with E-state index >= 15 is 0 Å². The molecule has 2 heterocycles. The van der Waals surface area contributed by atoms with Crippen LogP contribution in [0.4, 0.5) is 21.6 Å². The predicted molar refractivity (Wildman–Crippen MR) is 105 cm³/mol. The molecular weight excluding hydrogens is 365 g/mol. The molecule has 0 amide bonds. The van der Waals surface area contributed by atoms with Gasteiger partial charge in [-0.2, -0.15) is 5.26 Å². The maximum atomic E-state index is 13.4. The molecule has 0 unspecified atom stereocenters. The van der Waals surface area contributed by atoms with Crippen LogP contribution in [0, 0.1) is 17.1 Å². The first-order valence-corrected chi connectivity index (χ1v) is 9.19. The van der Waals surface area contributed by atoms with Gasteiger partial charge in [0.15, 0.2) is 0 Å². The zero-order valence-electron chi connectivity index (χ0n) is 14.5. The minimum absolute atomic E-state index is 0.0396. The molecule has 7 heteroatoms. The van der Waals surface area contributed by atoms with Crippen LogP contribution in [0.25, 0.3) is 10.9 Å². The lowest BCUT2D eigenvalue weighted by Crippen LogP contribution is -2.16. The molecule has 1 aliphatic carbocycles. The summed E-state index contributed by atoms with van der Waals surface area (Å²) < 4.78 is 13.4. The average Bonchev–Trinajstić information content (AvgIpc) is 3.18. The Balaban J connectivity index is 1.72. The molecule has 3 aromatic rings. The number of pyridine rings is 2. The zero-order valence-corrected chi connectivity index (χ0v) is 15.2. The molecule has 1 aliphatic rings. The molecule has 0 saturated heterocycles. The molecule has 27 heavy (non-hydrogen) atoms. The van der Waals surface area contributed by atoms with Crippen LogP contribution < -0.4 is 10.6 Å². The zero-order chi connectivity index (χ0) is 18.8. The van der Waals surface area contributed by atoms with Crippen molar-refractivity contribution >= 4 is 39.7 Å². The van der Waals surface area contributed by atoms with E-state index in [0.29, 0.717) is 28.6 Å². The quantitative estimate of drug-likeness (QED) is 0.633. The molecule has 0 radical (unpaired) electrons. The fourth-order valence-electron chi connectivity index (χ4n) is 3.40. The Morgan fingerprint density at radius 2 is 1.96 bits per heavy atom. The number of hydrogen-bond donors (Lipinski definition) is 2. The van der Waals surface area contributed by atoms with Crippen LogP contribution in [0.3, 0.4) is 0 Å². The van der Waals surface area contributed by atoms with Gasteiger partial charge < -0.3 is 10.6 Å². The van der Waals surface area contributed by atoms with Gasteiger partial charge in [0.2, 0.25) is 0 Å². The molecule has 0 bridgehead atoms. The monoisotopic (exact) mass is 381 g/mol. The van der Waals surface area contributed by atoms with Crippen molar-refractivity contribution < 1.29 is 4.39 Å². The summed E-state index contributed by atoms with van der Waals surface area (Å²) in [6, 6.07) is 8.82. The van der Waals surface area contributed by atoms with Crippen molar-refractivity contribution in [2.75, 3.05) is 10.6 Å². The highest BCUT2D eigenvalue weighted by Crippen LogP contribution is 2.31. The highest BCUT2D eigenvalue weighted by Gasteiger charge is 2.18. The molecule has 2 aromatic heterocycles. The first kappa shape index (κ1) is 17.5. The van der Waals surface area contributed by atoms with Gasteiger partial charge in [0.25, 0.3) is 0 Å². The summed E-state index contributed by atoms with van der Waals surface area (Å²) in [5.74, 6) is 0.0936. The maximum absolute atomic E-state index is 13.4. The SMILES string of the molecule is N#Cc1cnc2cnc(Nc3ccc(F)c(Cl)c3)cc2c1NC1CCCC1. The van der Waals surface area contributed by atoms with Crippen molar-refractivity contribution in [3.63, 3.8) is 0 Å². The second-order valence-corrected chi connectivity index (χ2v) is 7.03. The van der Waals surface area contributed by atoms with E-state index in [1.807, 2.05) is 6.07 Å². The molecule has 0 atom stereocenters. The van der Waals surface area contributed by atoms with Gasteiger partial charge in [0, 0.05) is 23.3 Å². The van der Waals surface area contributed by atoms with Gasteiger partial charge >= 0.3 is 0 Å². The van der Waals surface area contributed by atoms with E-state index in [2.05, 4.69) is 26.7 Å². The summed E-state index contributed by atoms with van der Waals surface area (Å²) in [5.41, 5.74) is 2.63. The van der Waals surface area contributed by atoms with Gasteiger partial charge in [-0.1, -0.05) is 24.4 Å². The van der Waals surface area contributed by atoms with Crippen LogP contribution in [0.2, 0.25) is 5.02 Å².